The van der Waals surface area contributed by atoms with Gasteiger partial charge in [-0.3, -0.25) is 4.79 Å². The Morgan fingerprint density at radius 1 is 1.58 bits per heavy atom. The summed E-state index contributed by atoms with van der Waals surface area (Å²) in [7, 11) is 1.54. The number of carbonyl (C=O) groups is 1. The van der Waals surface area contributed by atoms with E-state index in [4.69, 9.17) is 20.7 Å². The number of nitrogens with one attached hydrogen (secondary N) is 1. The predicted molar refractivity (Wildman–Crippen MR) is 76.5 cm³/mol. The van der Waals surface area contributed by atoms with Gasteiger partial charge in [0.05, 0.1) is 36.9 Å². The number of carbonyl (C=O) groups excluding carboxylic acids is 1. The molecule has 5 N–H and O–H groups in total. The van der Waals surface area contributed by atoms with Gasteiger partial charge in [0, 0.05) is 11.8 Å². The highest BCUT2D eigenvalue weighted by molar-refractivity contribution is 8.00. The zero-order valence-electron chi connectivity index (χ0n) is 10.6. The number of benzene rings is 1. The molecule has 0 fully saturated rings. The molecule has 6 nitrogen and oxygen atoms in total. The second-order valence-corrected chi connectivity index (χ2v) is 4.88. The molecule has 1 rings (SSSR count). The molecule has 0 aromatic heterocycles. The van der Waals surface area contributed by atoms with Gasteiger partial charge in [-0.1, -0.05) is 0 Å². The minimum absolute atomic E-state index is 0.183. The lowest BCUT2D eigenvalue weighted by molar-refractivity contribution is -0.113. The highest BCUT2D eigenvalue weighted by Gasteiger charge is 2.08. The molecule has 1 atom stereocenters. The van der Waals surface area contributed by atoms with E-state index in [0.29, 0.717) is 22.9 Å². The summed E-state index contributed by atoms with van der Waals surface area (Å²) < 4.78 is 5.01. The standard InChI is InChI=1S/C12H18N2O4S/c1-18-9-2-3-11(10(13)4-9)14-12(17)7-19-6-8(16)5-15/h2-4,8,15-16H,5-7,13H2,1H3,(H,14,17). The Kier molecular flexibility index (Phi) is 6.48. The van der Waals surface area contributed by atoms with E-state index in [1.807, 2.05) is 0 Å². The number of thioether (sulfide) groups is 1. The van der Waals surface area contributed by atoms with Gasteiger partial charge in [0.15, 0.2) is 0 Å². The molecule has 0 aliphatic carbocycles. The topological polar surface area (TPSA) is 105 Å². The SMILES string of the molecule is COc1ccc(NC(=O)CSCC(O)CO)c(N)c1. The summed E-state index contributed by atoms with van der Waals surface area (Å²) in [5.41, 5.74) is 6.72. The summed E-state index contributed by atoms with van der Waals surface area (Å²) in [5, 5.41) is 20.4. The summed E-state index contributed by atoms with van der Waals surface area (Å²) in [4.78, 5) is 11.6. The van der Waals surface area contributed by atoms with E-state index >= 15 is 0 Å². The van der Waals surface area contributed by atoms with Gasteiger partial charge < -0.3 is 26.0 Å². The van der Waals surface area contributed by atoms with Gasteiger partial charge in [0.25, 0.3) is 0 Å². The van der Waals surface area contributed by atoms with Gasteiger partial charge in [-0.05, 0) is 12.1 Å². The Morgan fingerprint density at radius 3 is 2.89 bits per heavy atom. The molecule has 106 valence electrons. The number of ether oxygens (including phenoxy) is 1. The van der Waals surface area contributed by atoms with Crippen LogP contribution in [-0.2, 0) is 4.79 Å². The Bertz CT molecular complexity index is 428. The number of rotatable bonds is 7. The third-order valence-corrected chi connectivity index (χ3v) is 3.37. The average Bonchev–Trinajstić information content (AvgIpc) is 2.40. The van der Waals surface area contributed by atoms with Crippen LogP contribution in [0.25, 0.3) is 0 Å². The maximum Gasteiger partial charge on any atom is 0.234 e. The van der Waals surface area contributed by atoms with Gasteiger partial charge in [0.1, 0.15) is 5.75 Å². The summed E-state index contributed by atoms with van der Waals surface area (Å²) in [6.45, 7) is -0.306. The van der Waals surface area contributed by atoms with Gasteiger partial charge in [-0.2, -0.15) is 0 Å². The molecule has 1 aromatic rings. The molecule has 0 bridgehead atoms. The van der Waals surface area contributed by atoms with E-state index in [1.54, 1.807) is 18.2 Å². The fourth-order valence-corrected chi connectivity index (χ4v) is 2.06. The van der Waals surface area contributed by atoms with Crippen LogP contribution in [0.1, 0.15) is 0 Å². The monoisotopic (exact) mass is 286 g/mol. The third-order valence-electron chi connectivity index (χ3n) is 2.29. The van der Waals surface area contributed by atoms with Crippen LogP contribution in [-0.4, -0.2) is 47.4 Å². The molecule has 7 heteroatoms. The second-order valence-electron chi connectivity index (χ2n) is 3.85. The van der Waals surface area contributed by atoms with Crippen LogP contribution in [0.15, 0.2) is 18.2 Å². The molecule has 1 unspecified atom stereocenters. The molecule has 0 saturated carbocycles. The van der Waals surface area contributed by atoms with E-state index < -0.39 is 6.10 Å². The van der Waals surface area contributed by atoms with Crippen molar-refractivity contribution < 1.29 is 19.7 Å². The Balaban J connectivity index is 2.44. The van der Waals surface area contributed by atoms with Crippen molar-refractivity contribution in [3.63, 3.8) is 0 Å². The number of amides is 1. The molecule has 1 aromatic carbocycles. The van der Waals surface area contributed by atoms with E-state index in [2.05, 4.69) is 5.32 Å². The van der Waals surface area contributed by atoms with Gasteiger partial charge in [0.2, 0.25) is 5.91 Å². The second kappa shape index (κ2) is 7.88. The lowest BCUT2D eigenvalue weighted by atomic mass is 10.2. The fourth-order valence-electron chi connectivity index (χ4n) is 1.31. The van der Waals surface area contributed by atoms with Gasteiger partial charge in [-0.25, -0.2) is 0 Å². The summed E-state index contributed by atoms with van der Waals surface area (Å²) in [6, 6.07) is 4.99. The maximum absolute atomic E-state index is 11.6. The Hall–Kier alpha value is -1.44. The van der Waals surface area contributed by atoms with Gasteiger partial charge >= 0.3 is 0 Å². The van der Waals surface area contributed by atoms with Crippen molar-refractivity contribution in [3.8, 4) is 5.75 Å². The predicted octanol–water partition coefficient (Wildman–Crippen LogP) is 0.302. The smallest absolute Gasteiger partial charge is 0.234 e. The largest absolute Gasteiger partial charge is 0.497 e. The number of aliphatic hydroxyl groups is 2. The molecule has 0 aliphatic rings. The van der Waals surface area contributed by atoms with Crippen LogP contribution in [0.2, 0.25) is 0 Å². The normalized spacial score (nSPS) is 11.9. The molecule has 0 heterocycles. The van der Waals surface area contributed by atoms with Crippen LogP contribution in [0, 0.1) is 0 Å². The summed E-state index contributed by atoms with van der Waals surface area (Å²) in [6.07, 6.45) is -0.802. The minimum Gasteiger partial charge on any atom is -0.497 e. The fraction of sp³-hybridized carbons (Fsp3) is 0.417. The highest BCUT2D eigenvalue weighted by Crippen LogP contribution is 2.24. The zero-order chi connectivity index (χ0) is 14.3. The molecule has 0 radical (unpaired) electrons. The van der Waals surface area contributed by atoms with Crippen molar-refractivity contribution in [3.05, 3.63) is 18.2 Å². The van der Waals surface area contributed by atoms with Crippen LogP contribution >= 0.6 is 11.8 Å². The number of anilines is 2. The van der Waals surface area contributed by atoms with E-state index in [9.17, 15) is 4.79 Å². The summed E-state index contributed by atoms with van der Waals surface area (Å²) in [5.74, 6) is 0.896. The lowest BCUT2D eigenvalue weighted by Gasteiger charge is -2.10. The first-order valence-electron chi connectivity index (χ1n) is 5.67. The first-order chi connectivity index (χ1) is 9.06. The molecule has 1 amide bonds. The first-order valence-corrected chi connectivity index (χ1v) is 6.82. The molecule has 19 heavy (non-hydrogen) atoms. The Morgan fingerprint density at radius 2 is 2.32 bits per heavy atom. The zero-order valence-corrected chi connectivity index (χ0v) is 11.4. The minimum atomic E-state index is -0.802. The number of hydrogen-bond acceptors (Lipinski definition) is 6. The molecule has 0 aliphatic heterocycles. The Labute approximate surface area is 115 Å². The van der Waals surface area contributed by atoms with Crippen molar-refractivity contribution in [2.24, 2.45) is 0 Å². The van der Waals surface area contributed by atoms with Gasteiger partial charge in [-0.15, -0.1) is 11.8 Å². The van der Waals surface area contributed by atoms with Crippen molar-refractivity contribution in [1.82, 2.24) is 0 Å². The van der Waals surface area contributed by atoms with E-state index in [0.717, 1.165) is 0 Å². The van der Waals surface area contributed by atoms with Crippen LogP contribution < -0.4 is 15.8 Å². The van der Waals surface area contributed by atoms with Crippen molar-refractivity contribution in [2.75, 3.05) is 36.3 Å². The number of aliphatic hydroxyl groups excluding tert-OH is 2. The van der Waals surface area contributed by atoms with Crippen molar-refractivity contribution in [2.45, 2.75) is 6.10 Å². The van der Waals surface area contributed by atoms with Crippen LogP contribution in [0.5, 0.6) is 5.75 Å². The number of methoxy groups -OCH3 is 1. The van der Waals surface area contributed by atoms with Crippen molar-refractivity contribution in [1.29, 1.82) is 0 Å². The molecular formula is C12H18N2O4S. The molecule has 0 saturated heterocycles. The maximum atomic E-state index is 11.6. The van der Waals surface area contributed by atoms with E-state index in [1.165, 1.54) is 18.9 Å². The summed E-state index contributed by atoms with van der Waals surface area (Å²) >= 11 is 1.24. The van der Waals surface area contributed by atoms with E-state index in [-0.39, 0.29) is 18.3 Å². The molecular weight excluding hydrogens is 268 g/mol. The third kappa shape index (κ3) is 5.37. The molecule has 0 spiro atoms. The average molecular weight is 286 g/mol. The van der Waals surface area contributed by atoms with Crippen LogP contribution in [0.4, 0.5) is 11.4 Å². The highest BCUT2D eigenvalue weighted by atomic mass is 32.2. The lowest BCUT2D eigenvalue weighted by Crippen LogP contribution is -2.19. The van der Waals surface area contributed by atoms with Crippen LogP contribution in [0.3, 0.4) is 0 Å². The number of hydrogen-bond donors (Lipinski definition) is 4. The first kappa shape index (κ1) is 15.6. The number of nitrogens with two attached hydrogens (primary N) is 1. The quantitative estimate of drug-likeness (QED) is 0.537. The number of nitrogen functional groups attached to an aromatic ring is 1. The van der Waals surface area contributed by atoms with Crippen molar-refractivity contribution >= 4 is 29.0 Å².